The summed E-state index contributed by atoms with van der Waals surface area (Å²) in [4.78, 5) is 27.3. The van der Waals surface area contributed by atoms with Gasteiger partial charge in [0.25, 0.3) is 0 Å². The van der Waals surface area contributed by atoms with Crippen molar-refractivity contribution in [1.29, 1.82) is 0 Å². The van der Waals surface area contributed by atoms with Crippen molar-refractivity contribution in [2.75, 3.05) is 0 Å². The molecular formula is C33H42N2O6. The Hall–Kier alpha value is -3.72. The summed E-state index contributed by atoms with van der Waals surface area (Å²) >= 11 is 0. The van der Waals surface area contributed by atoms with Gasteiger partial charge in [-0.25, -0.2) is 0 Å². The second-order valence-corrected chi connectivity index (χ2v) is 11.6. The Bertz CT molecular complexity index is 1300. The number of aryl methyl sites for hydroxylation is 1. The van der Waals surface area contributed by atoms with Crippen LogP contribution < -0.4 is 16.2 Å². The highest BCUT2D eigenvalue weighted by Crippen LogP contribution is 2.33. The van der Waals surface area contributed by atoms with Crippen LogP contribution in [0.25, 0.3) is 0 Å². The number of phenols is 1. The zero-order valence-electron chi connectivity index (χ0n) is 24.4. The molecule has 6 N–H and O–H groups in total. The smallest absolute Gasteiger partial charge is 0.309 e. The van der Waals surface area contributed by atoms with Crippen molar-refractivity contribution < 1.29 is 29.3 Å². The van der Waals surface area contributed by atoms with Gasteiger partial charge in [-0.1, -0.05) is 60.7 Å². The molecule has 0 aromatic heterocycles. The number of carbonyl (C=O) groups excluding carboxylic acids is 2. The SMILES string of the molecule is Cc1cc(O)ccc1OC(C)C(=O)[C@H]([C@@H](O)C[C@H](Cc1ccccc1)C(=O)OC(C)(C)C)C(N)(N)c1ccccc1. The number of ether oxygens (including phenoxy) is 2. The van der Waals surface area contributed by atoms with Crippen LogP contribution in [0.1, 0.15) is 50.8 Å². The fourth-order valence-corrected chi connectivity index (χ4v) is 4.89. The minimum atomic E-state index is -1.79. The van der Waals surface area contributed by atoms with Crippen LogP contribution in [-0.2, 0) is 26.4 Å². The van der Waals surface area contributed by atoms with E-state index in [0.29, 0.717) is 23.3 Å². The summed E-state index contributed by atoms with van der Waals surface area (Å²) in [5, 5.41) is 21.5. The van der Waals surface area contributed by atoms with Gasteiger partial charge < -0.3 is 31.2 Å². The molecule has 4 atom stereocenters. The number of hydrogen-bond acceptors (Lipinski definition) is 8. The number of hydrogen-bond donors (Lipinski definition) is 4. The molecule has 220 valence electrons. The lowest BCUT2D eigenvalue weighted by atomic mass is 9.76. The number of esters is 1. The Kier molecular flexibility index (Phi) is 10.3. The molecule has 8 heteroatoms. The van der Waals surface area contributed by atoms with E-state index in [-0.39, 0.29) is 12.2 Å². The minimum Gasteiger partial charge on any atom is -0.508 e. The second-order valence-electron chi connectivity index (χ2n) is 11.6. The molecule has 3 rings (SSSR count). The lowest BCUT2D eigenvalue weighted by molar-refractivity contribution is -0.162. The number of aliphatic hydroxyl groups excluding tert-OH is 1. The number of benzene rings is 3. The summed E-state index contributed by atoms with van der Waals surface area (Å²) in [6.45, 7) is 8.63. The van der Waals surface area contributed by atoms with Crippen molar-refractivity contribution in [2.24, 2.45) is 23.3 Å². The molecule has 0 bridgehead atoms. The van der Waals surface area contributed by atoms with Crippen LogP contribution in [0.2, 0.25) is 0 Å². The Labute approximate surface area is 242 Å². The van der Waals surface area contributed by atoms with Crippen LogP contribution in [0.3, 0.4) is 0 Å². The Balaban J connectivity index is 1.97. The van der Waals surface area contributed by atoms with E-state index in [2.05, 4.69) is 0 Å². The molecular weight excluding hydrogens is 520 g/mol. The van der Waals surface area contributed by atoms with Gasteiger partial charge in [0.05, 0.1) is 17.9 Å². The van der Waals surface area contributed by atoms with Gasteiger partial charge in [0.15, 0.2) is 11.9 Å². The molecule has 0 aliphatic heterocycles. The average Bonchev–Trinajstić information content (AvgIpc) is 2.90. The minimum absolute atomic E-state index is 0.0701. The van der Waals surface area contributed by atoms with Gasteiger partial charge in [0.2, 0.25) is 0 Å². The highest BCUT2D eigenvalue weighted by molar-refractivity contribution is 5.87. The number of phenolic OH excluding ortho intramolecular Hbond substituents is 1. The van der Waals surface area contributed by atoms with Crippen molar-refractivity contribution in [3.05, 3.63) is 95.6 Å². The molecule has 0 spiro atoms. The number of aliphatic hydroxyl groups is 1. The van der Waals surface area contributed by atoms with Crippen molar-refractivity contribution in [3.8, 4) is 11.5 Å². The standard InChI is InChI=1S/C33H42N2O6/c1-21-18-26(36)16-17-28(21)40-22(2)30(38)29(33(34,35)25-14-10-7-11-15-25)27(37)20-24(31(39)41-32(3,4)5)19-23-12-8-6-9-13-23/h6-18,22,24,27,29,36-37H,19-20,34-35H2,1-5H3/t22?,24-,27-,29-/m0/s1. The quantitative estimate of drug-likeness (QED) is 0.188. The molecule has 41 heavy (non-hydrogen) atoms. The molecule has 0 aliphatic carbocycles. The van der Waals surface area contributed by atoms with E-state index in [0.717, 1.165) is 5.56 Å². The lowest BCUT2D eigenvalue weighted by Crippen LogP contribution is -2.61. The van der Waals surface area contributed by atoms with Gasteiger partial charge in [-0.05, 0) is 82.3 Å². The largest absolute Gasteiger partial charge is 0.508 e. The van der Waals surface area contributed by atoms with Gasteiger partial charge >= 0.3 is 5.97 Å². The highest BCUT2D eigenvalue weighted by atomic mass is 16.6. The van der Waals surface area contributed by atoms with E-state index in [1.54, 1.807) is 71.0 Å². The van der Waals surface area contributed by atoms with Crippen LogP contribution in [0.5, 0.6) is 11.5 Å². The predicted octanol–water partition coefficient (Wildman–Crippen LogP) is 4.38. The highest BCUT2D eigenvalue weighted by Gasteiger charge is 2.46. The topological polar surface area (TPSA) is 145 Å². The van der Waals surface area contributed by atoms with E-state index in [1.807, 2.05) is 30.3 Å². The first kappa shape index (κ1) is 31.8. The first-order valence-electron chi connectivity index (χ1n) is 13.8. The van der Waals surface area contributed by atoms with Crippen LogP contribution in [0.4, 0.5) is 0 Å². The van der Waals surface area contributed by atoms with Gasteiger partial charge in [-0.3, -0.25) is 9.59 Å². The Morgan fingerprint density at radius 2 is 1.51 bits per heavy atom. The third kappa shape index (κ3) is 8.63. The predicted molar refractivity (Wildman–Crippen MR) is 158 cm³/mol. The zero-order chi connectivity index (χ0) is 30.4. The molecule has 3 aromatic carbocycles. The first-order chi connectivity index (χ1) is 19.2. The van der Waals surface area contributed by atoms with E-state index >= 15 is 0 Å². The number of ketones is 1. The Morgan fingerprint density at radius 1 is 0.927 bits per heavy atom. The van der Waals surface area contributed by atoms with Gasteiger partial charge in [0.1, 0.15) is 22.8 Å². The second kappa shape index (κ2) is 13.3. The van der Waals surface area contributed by atoms with E-state index in [1.165, 1.54) is 12.1 Å². The molecule has 3 aromatic rings. The van der Waals surface area contributed by atoms with E-state index in [9.17, 15) is 19.8 Å². The van der Waals surface area contributed by atoms with Gasteiger partial charge in [-0.15, -0.1) is 0 Å². The number of carbonyl (C=O) groups is 2. The molecule has 0 aliphatic rings. The van der Waals surface area contributed by atoms with E-state index < -0.39 is 47.1 Å². The maximum atomic E-state index is 14.0. The normalized spacial score (nSPS) is 14.9. The summed E-state index contributed by atoms with van der Waals surface area (Å²) in [5.74, 6) is -2.66. The van der Waals surface area contributed by atoms with Crippen molar-refractivity contribution in [2.45, 2.75) is 70.9 Å². The van der Waals surface area contributed by atoms with Crippen molar-refractivity contribution in [1.82, 2.24) is 0 Å². The molecule has 0 heterocycles. The zero-order valence-corrected chi connectivity index (χ0v) is 24.4. The van der Waals surface area contributed by atoms with Gasteiger partial charge in [0, 0.05) is 0 Å². The van der Waals surface area contributed by atoms with Crippen molar-refractivity contribution >= 4 is 11.8 Å². The fraction of sp³-hybridized carbons (Fsp3) is 0.394. The average molecular weight is 563 g/mol. The molecule has 1 unspecified atom stereocenters. The monoisotopic (exact) mass is 562 g/mol. The molecule has 0 saturated heterocycles. The maximum Gasteiger partial charge on any atom is 0.309 e. The Morgan fingerprint density at radius 3 is 2.07 bits per heavy atom. The van der Waals surface area contributed by atoms with Crippen LogP contribution in [0.15, 0.2) is 78.9 Å². The third-order valence-corrected chi connectivity index (χ3v) is 6.93. The summed E-state index contributed by atoms with van der Waals surface area (Å²) in [6.07, 6.45) is -2.29. The number of Topliss-reactive ketones (excluding diaryl/α,β-unsaturated/α-hetero) is 1. The number of rotatable bonds is 12. The van der Waals surface area contributed by atoms with Crippen LogP contribution in [0, 0.1) is 18.8 Å². The van der Waals surface area contributed by atoms with Crippen LogP contribution in [-0.4, -0.2) is 39.8 Å². The first-order valence-corrected chi connectivity index (χ1v) is 13.8. The molecule has 0 fully saturated rings. The lowest BCUT2D eigenvalue weighted by Gasteiger charge is -2.38. The number of aromatic hydroxyl groups is 1. The third-order valence-electron chi connectivity index (χ3n) is 6.93. The molecule has 0 radical (unpaired) electrons. The van der Waals surface area contributed by atoms with Crippen LogP contribution >= 0.6 is 0 Å². The molecule has 0 amide bonds. The summed E-state index contributed by atoms with van der Waals surface area (Å²) < 4.78 is 11.7. The molecule has 8 nitrogen and oxygen atoms in total. The molecule has 0 saturated carbocycles. The summed E-state index contributed by atoms with van der Waals surface area (Å²) in [6, 6.07) is 22.6. The summed E-state index contributed by atoms with van der Waals surface area (Å²) in [7, 11) is 0. The number of nitrogens with two attached hydrogens (primary N) is 2. The van der Waals surface area contributed by atoms with Crippen molar-refractivity contribution in [3.63, 3.8) is 0 Å². The van der Waals surface area contributed by atoms with E-state index in [4.69, 9.17) is 20.9 Å². The summed E-state index contributed by atoms with van der Waals surface area (Å²) in [5.41, 5.74) is 12.8. The fourth-order valence-electron chi connectivity index (χ4n) is 4.89. The maximum absolute atomic E-state index is 14.0. The van der Waals surface area contributed by atoms with Gasteiger partial charge in [-0.2, -0.15) is 0 Å².